The van der Waals surface area contributed by atoms with Crippen molar-refractivity contribution in [3.63, 3.8) is 0 Å². The van der Waals surface area contributed by atoms with Crippen LogP contribution in [0.15, 0.2) is 17.5 Å². The molecule has 1 nitrogen and oxygen atoms in total. The molecule has 0 bridgehead atoms. The van der Waals surface area contributed by atoms with Crippen molar-refractivity contribution in [2.24, 2.45) is 5.73 Å². The first kappa shape index (κ1) is 7.66. The van der Waals surface area contributed by atoms with Crippen LogP contribution in [-0.4, -0.2) is 7.05 Å². The van der Waals surface area contributed by atoms with Gasteiger partial charge in [0.1, 0.15) is 0 Å². The molecule has 46 valence electrons. The summed E-state index contributed by atoms with van der Waals surface area (Å²) in [6.07, 6.45) is 0. The van der Waals surface area contributed by atoms with Crippen molar-refractivity contribution in [2.75, 3.05) is 7.05 Å². The Kier molecular flexibility index (Phi) is 4.61. The number of rotatable bonds is 0. The van der Waals surface area contributed by atoms with Crippen LogP contribution in [0.3, 0.4) is 0 Å². The van der Waals surface area contributed by atoms with Gasteiger partial charge >= 0.3 is 0 Å². The van der Waals surface area contributed by atoms with Gasteiger partial charge in [-0.1, -0.05) is 6.07 Å². The predicted octanol–water partition coefficient (Wildman–Crippen LogP) is 1.63. The first-order valence-electron chi connectivity index (χ1n) is 2.47. The van der Waals surface area contributed by atoms with Crippen molar-refractivity contribution >= 4 is 11.3 Å². The minimum absolute atomic E-state index is 1.38. The molecule has 0 atom stereocenters. The molecule has 0 spiro atoms. The van der Waals surface area contributed by atoms with Crippen molar-refractivity contribution in [3.05, 3.63) is 22.4 Å². The monoisotopic (exact) mass is 129 g/mol. The summed E-state index contributed by atoms with van der Waals surface area (Å²) in [5, 5.41) is 2.08. The van der Waals surface area contributed by atoms with Crippen LogP contribution >= 0.6 is 11.3 Å². The van der Waals surface area contributed by atoms with Gasteiger partial charge in [-0.15, -0.1) is 11.3 Å². The van der Waals surface area contributed by atoms with Gasteiger partial charge < -0.3 is 5.73 Å². The van der Waals surface area contributed by atoms with Crippen LogP contribution < -0.4 is 5.73 Å². The molecule has 2 N–H and O–H groups in total. The highest BCUT2D eigenvalue weighted by Gasteiger charge is 1.74. The van der Waals surface area contributed by atoms with Crippen LogP contribution in [0.25, 0.3) is 0 Å². The summed E-state index contributed by atoms with van der Waals surface area (Å²) in [4.78, 5) is 1.38. The zero-order valence-corrected chi connectivity index (χ0v) is 6.03. The maximum absolute atomic E-state index is 4.50. The van der Waals surface area contributed by atoms with E-state index in [2.05, 4.69) is 30.2 Å². The molecule has 0 saturated heterocycles. The zero-order valence-electron chi connectivity index (χ0n) is 5.22. The largest absolute Gasteiger partial charge is 0.333 e. The second kappa shape index (κ2) is 4.81. The highest BCUT2D eigenvalue weighted by atomic mass is 32.1. The summed E-state index contributed by atoms with van der Waals surface area (Å²) in [5.41, 5.74) is 4.50. The average molecular weight is 129 g/mol. The van der Waals surface area contributed by atoms with Crippen LogP contribution in [0.5, 0.6) is 0 Å². The molecule has 2 heteroatoms. The highest BCUT2D eigenvalue weighted by Crippen LogP contribution is 2.03. The Balaban J connectivity index is 0.000000222. The Labute approximate surface area is 54.1 Å². The topological polar surface area (TPSA) is 26.0 Å². The Morgan fingerprint density at radius 1 is 1.50 bits per heavy atom. The Morgan fingerprint density at radius 2 is 2.12 bits per heavy atom. The van der Waals surface area contributed by atoms with Crippen molar-refractivity contribution in [1.29, 1.82) is 0 Å². The SMILES string of the molecule is CN.Cc1cccs1. The van der Waals surface area contributed by atoms with E-state index in [9.17, 15) is 0 Å². The maximum Gasteiger partial charge on any atom is 0.00141 e. The first-order chi connectivity index (χ1) is 3.89. The third kappa shape index (κ3) is 2.77. The maximum atomic E-state index is 4.50. The Morgan fingerprint density at radius 3 is 2.25 bits per heavy atom. The van der Waals surface area contributed by atoms with E-state index < -0.39 is 0 Å². The van der Waals surface area contributed by atoms with Gasteiger partial charge in [0.2, 0.25) is 0 Å². The van der Waals surface area contributed by atoms with E-state index in [0.717, 1.165) is 0 Å². The fourth-order valence-corrected chi connectivity index (χ4v) is 0.890. The van der Waals surface area contributed by atoms with Crippen molar-refractivity contribution in [3.8, 4) is 0 Å². The molecule has 1 rings (SSSR count). The number of nitrogens with two attached hydrogens (primary N) is 1. The third-order valence-corrected chi connectivity index (χ3v) is 1.46. The lowest BCUT2D eigenvalue weighted by Crippen LogP contribution is -1.69. The van der Waals surface area contributed by atoms with Gasteiger partial charge in [0.15, 0.2) is 0 Å². The lowest BCUT2D eigenvalue weighted by Gasteiger charge is -1.65. The molecule has 0 aliphatic carbocycles. The molecule has 1 heterocycles. The molecule has 0 fully saturated rings. The second-order valence-electron chi connectivity index (χ2n) is 1.22. The smallest absolute Gasteiger partial charge is 0.00141 e. The minimum atomic E-state index is 1.38. The molecule has 0 aliphatic heterocycles. The van der Waals surface area contributed by atoms with E-state index in [1.807, 2.05) is 0 Å². The molecule has 0 radical (unpaired) electrons. The fraction of sp³-hybridized carbons (Fsp3) is 0.333. The van der Waals surface area contributed by atoms with Gasteiger partial charge in [-0.3, -0.25) is 0 Å². The van der Waals surface area contributed by atoms with E-state index in [1.54, 1.807) is 11.3 Å². The fourth-order valence-electron chi connectivity index (χ4n) is 0.361. The first-order valence-corrected chi connectivity index (χ1v) is 3.35. The zero-order chi connectivity index (χ0) is 6.41. The van der Waals surface area contributed by atoms with Gasteiger partial charge in [0.25, 0.3) is 0 Å². The molecule has 0 amide bonds. The summed E-state index contributed by atoms with van der Waals surface area (Å²) in [6.45, 7) is 2.10. The molecular weight excluding hydrogens is 118 g/mol. The van der Waals surface area contributed by atoms with Gasteiger partial charge in [0.05, 0.1) is 0 Å². The van der Waals surface area contributed by atoms with Gasteiger partial charge in [-0.2, -0.15) is 0 Å². The molecule has 0 unspecified atom stereocenters. The van der Waals surface area contributed by atoms with Gasteiger partial charge in [-0.05, 0) is 25.4 Å². The molecule has 0 aliphatic rings. The summed E-state index contributed by atoms with van der Waals surface area (Å²) in [5.74, 6) is 0. The summed E-state index contributed by atoms with van der Waals surface area (Å²) >= 11 is 1.78. The number of aryl methyl sites for hydroxylation is 1. The normalized spacial score (nSPS) is 7.38. The number of hydrogen-bond donors (Lipinski definition) is 1. The summed E-state index contributed by atoms with van der Waals surface area (Å²) in [7, 11) is 1.50. The summed E-state index contributed by atoms with van der Waals surface area (Å²) < 4.78 is 0. The third-order valence-electron chi connectivity index (χ3n) is 0.663. The molecule has 1 aromatic heterocycles. The lowest BCUT2D eigenvalue weighted by molar-refractivity contribution is 1.48. The van der Waals surface area contributed by atoms with Crippen LogP contribution in [-0.2, 0) is 0 Å². The van der Waals surface area contributed by atoms with Crippen molar-refractivity contribution in [2.45, 2.75) is 6.92 Å². The van der Waals surface area contributed by atoms with E-state index in [4.69, 9.17) is 0 Å². The van der Waals surface area contributed by atoms with Crippen LogP contribution in [0.4, 0.5) is 0 Å². The molecular formula is C6H11NS. The highest BCUT2D eigenvalue weighted by molar-refractivity contribution is 7.09. The Bertz CT molecular complexity index is 112. The van der Waals surface area contributed by atoms with Crippen LogP contribution in [0, 0.1) is 6.92 Å². The summed E-state index contributed by atoms with van der Waals surface area (Å²) in [6, 6.07) is 4.16. The average Bonchev–Trinajstić information content (AvgIpc) is 2.24. The molecule has 8 heavy (non-hydrogen) atoms. The van der Waals surface area contributed by atoms with Crippen molar-refractivity contribution in [1.82, 2.24) is 0 Å². The van der Waals surface area contributed by atoms with Crippen LogP contribution in [0.1, 0.15) is 4.88 Å². The van der Waals surface area contributed by atoms with Crippen molar-refractivity contribution < 1.29 is 0 Å². The van der Waals surface area contributed by atoms with E-state index in [1.165, 1.54) is 11.9 Å². The van der Waals surface area contributed by atoms with E-state index in [0.29, 0.717) is 0 Å². The molecule has 0 aromatic carbocycles. The predicted molar refractivity (Wildman–Crippen MR) is 39.2 cm³/mol. The standard InChI is InChI=1S/C5H6S.CH5N/c1-5-3-2-4-6-5;1-2/h2-4H,1H3;2H2,1H3. The van der Waals surface area contributed by atoms with Gasteiger partial charge in [0, 0.05) is 4.88 Å². The Hall–Kier alpha value is -0.340. The molecule has 0 saturated carbocycles. The van der Waals surface area contributed by atoms with Gasteiger partial charge in [-0.25, -0.2) is 0 Å². The quantitative estimate of drug-likeness (QED) is 0.566. The molecule has 1 aromatic rings. The number of hydrogen-bond acceptors (Lipinski definition) is 2. The van der Waals surface area contributed by atoms with Crippen LogP contribution in [0.2, 0.25) is 0 Å². The second-order valence-corrected chi connectivity index (χ2v) is 2.38. The van der Waals surface area contributed by atoms with E-state index >= 15 is 0 Å². The minimum Gasteiger partial charge on any atom is -0.333 e. The van der Waals surface area contributed by atoms with E-state index in [-0.39, 0.29) is 0 Å². The lowest BCUT2D eigenvalue weighted by atomic mass is 10.5. The number of thiophene rings is 1.